The summed E-state index contributed by atoms with van der Waals surface area (Å²) in [5.41, 5.74) is 1.42. The van der Waals surface area contributed by atoms with Crippen LogP contribution in [-0.2, 0) is 14.3 Å². The fourth-order valence-electron chi connectivity index (χ4n) is 2.22. The van der Waals surface area contributed by atoms with Crippen molar-refractivity contribution in [3.8, 4) is 5.75 Å². The van der Waals surface area contributed by atoms with Crippen LogP contribution in [0.2, 0.25) is 0 Å². The summed E-state index contributed by atoms with van der Waals surface area (Å²) in [6, 6.07) is 15.3. The number of amides is 1. The van der Waals surface area contributed by atoms with Gasteiger partial charge < -0.3 is 19.5 Å². The zero-order valence-corrected chi connectivity index (χ0v) is 16.2. The SMILES string of the molecule is C=C(C)C(=O)OCCOCCNC(=O)Oc1ccc(C(=O)c2ccccc2)cc1. The molecule has 152 valence electrons. The number of carbonyl (C=O) groups is 3. The maximum absolute atomic E-state index is 12.3. The van der Waals surface area contributed by atoms with Crippen LogP contribution in [0.4, 0.5) is 4.79 Å². The number of esters is 1. The summed E-state index contributed by atoms with van der Waals surface area (Å²) in [7, 11) is 0. The van der Waals surface area contributed by atoms with Gasteiger partial charge >= 0.3 is 12.1 Å². The van der Waals surface area contributed by atoms with Crippen LogP contribution in [0.1, 0.15) is 22.8 Å². The summed E-state index contributed by atoms with van der Waals surface area (Å²) in [6.45, 7) is 5.84. The summed E-state index contributed by atoms with van der Waals surface area (Å²) in [5, 5.41) is 2.54. The van der Waals surface area contributed by atoms with Crippen molar-refractivity contribution in [2.45, 2.75) is 6.92 Å². The second kappa shape index (κ2) is 11.4. The molecular weight excluding hydrogens is 374 g/mol. The van der Waals surface area contributed by atoms with Gasteiger partial charge in [-0.2, -0.15) is 0 Å². The smallest absolute Gasteiger partial charge is 0.412 e. The molecule has 7 heteroatoms. The Morgan fingerprint density at radius 1 is 0.897 bits per heavy atom. The highest BCUT2D eigenvalue weighted by molar-refractivity contribution is 6.09. The molecule has 0 bridgehead atoms. The second-order valence-electron chi connectivity index (χ2n) is 6.06. The molecule has 0 radical (unpaired) electrons. The van der Waals surface area contributed by atoms with Crippen molar-refractivity contribution in [1.29, 1.82) is 0 Å². The monoisotopic (exact) mass is 397 g/mol. The molecule has 29 heavy (non-hydrogen) atoms. The number of ketones is 1. The lowest BCUT2D eigenvalue weighted by atomic mass is 10.0. The fraction of sp³-hybridized carbons (Fsp3) is 0.227. The van der Waals surface area contributed by atoms with Crippen LogP contribution in [0.5, 0.6) is 5.75 Å². The molecule has 1 N–H and O–H groups in total. The Morgan fingerprint density at radius 2 is 1.55 bits per heavy atom. The first kappa shape index (κ1) is 21.8. The van der Waals surface area contributed by atoms with Crippen molar-refractivity contribution < 1.29 is 28.6 Å². The predicted molar refractivity (Wildman–Crippen MR) is 107 cm³/mol. The highest BCUT2D eigenvalue weighted by Gasteiger charge is 2.10. The Balaban J connectivity index is 1.66. The van der Waals surface area contributed by atoms with E-state index in [0.29, 0.717) is 22.4 Å². The second-order valence-corrected chi connectivity index (χ2v) is 6.06. The Kier molecular flexibility index (Phi) is 8.59. The van der Waals surface area contributed by atoms with Crippen LogP contribution < -0.4 is 10.1 Å². The fourth-order valence-corrected chi connectivity index (χ4v) is 2.22. The third-order valence-corrected chi connectivity index (χ3v) is 3.69. The lowest BCUT2D eigenvalue weighted by Crippen LogP contribution is -2.30. The summed E-state index contributed by atoms with van der Waals surface area (Å²) < 4.78 is 15.2. The van der Waals surface area contributed by atoms with Gasteiger partial charge in [0.2, 0.25) is 0 Å². The van der Waals surface area contributed by atoms with Crippen molar-refractivity contribution in [2.75, 3.05) is 26.4 Å². The minimum atomic E-state index is -0.635. The largest absolute Gasteiger partial charge is 0.460 e. The molecule has 1 amide bonds. The van der Waals surface area contributed by atoms with E-state index in [0.717, 1.165) is 0 Å². The van der Waals surface area contributed by atoms with Crippen LogP contribution in [-0.4, -0.2) is 44.2 Å². The molecule has 7 nitrogen and oxygen atoms in total. The van der Waals surface area contributed by atoms with E-state index in [1.165, 1.54) is 0 Å². The normalized spacial score (nSPS) is 10.1. The molecule has 0 spiro atoms. The molecule has 0 aromatic heterocycles. The molecule has 0 aliphatic carbocycles. The van der Waals surface area contributed by atoms with Crippen LogP contribution >= 0.6 is 0 Å². The number of hydrogen-bond donors (Lipinski definition) is 1. The van der Waals surface area contributed by atoms with E-state index in [9.17, 15) is 14.4 Å². The van der Waals surface area contributed by atoms with Crippen molar-refractivity contribution >= 4 is 17.8 Å². The van der Waals surface area contributed by atoms with E-state index in [2.05, 4.69) is 11.9 Å². The summed E-state index contributed by atoms with van der Waals surface area (Å²) in [5.74, 6) is -0.251. The van der Waals surface area contributed by atoms with E-state index < -0.39 is 12.1 Å². The first-order chi connectivity index (χ1) is 14.0. The van der Waals surface area contributed by atoms with E-state index in [1.54, 1.807) is 55.5 Å². The number of benzene rings is 2. The van der Waals surface area contributed by atoms with Crippen LogP contribution in [0, 0.1) is 0 Å². The van der Waals surface area contributed by atoms with Gasteiger partial charge in [-0.15, -0.1) is 0 Å². The van der Waals surface area contributed by atoms with Gasteiger partial charge in [0.25, 0.3) is 0 Å². The average Bonchev–Trinajstić information content (AvgIpc) is 2.73. The number of nitrogens with one attached hydrogen (secondary N) is 1. The quantitative estimate of drug-likeness (QED) is 0.287. The summed E-state index contributed by atoms with van der Waals surface area (Å²) in [4.78, 5) is 35.3. The topological polar surface area (TPSA) is 90.9 Å². The molecule has 0 atom stereocenters. The molecule has 0 saturated heterocycles. The molecule has 0 unspecified atom stereocenters. The first-order valence-corrected chi connectivity index (χ1v) is 9.03. The van der Waals surface area contributed by atoms with Gasteiger partial charge in [0.05, 0.1) is 13.2 Å². The average molecular weight is 397 g/mol. The standard InChI is InChI=1S/C22H23NO6/c1-16(2)21(25)28-15-14-27-13-12-23-22(26)29-19-10-8-18(9-11-19)20(24)17-6-4-3-5-7-17/h3-11H,1,12-15H2,2H3,(H,23,26). The maximum atomic E-state index is 12.3. The molecule has 2 rings (SSSR count). The lowest BCUT2D eigenvalue weighted by Gasteiger charge is -2.08. The highest BCUT2D eigenvalue weighted by atomic mass is 16.6. The number of rotatable bonds is 10. The third kappa shape index (κ3) is 7.59. The van der Waals surface area contributed by atoms with Crippen molar-refractivity contribution in [2.24, 2.45) is 0 Å². The van der Waals surface area contributed by atoms with Gasteiger partial charge in [-0.25, -0.2) is 9.59 Å². The van der Waals surface area contributed by atoms with Crippen molar-refractivity contribution in [3.05, 3.63) is 77.9 Å². The van der Waals surface area contributed by atoms with Crippen molar-refractivity contribution in [3.63, 3.8) is 0 Å². The van der Waals surface area contributed by atoms with Gasteiger partial charge in [0, 0.05) is 23.2 Å². The van der Waals surface area contributed by atoms with Gasteiger partial charge in [-0.3, -0.25) is 4.79 Å². The van der Waals surface area contributed by atoms with Gasteiger partial charge in [-0.1, -0.05) is 36.9 Å². The van der Waals surface area contributed by atoms with Gasteiger partial charge in [0.1, 0.15) is 12.4 Å². The number of ether oxygens (including phenoxy) is 3. The number of carbonyl (C=O) groups excluding carboxylic acids is 3. The van der Waals surface area contributed by atoms with E-state index >= 15 is 0 Å². The van der Waals surface area contributed by atoms with Gasteiger partial charge in [-0.05, 0) is 31.2 Å². The maximum Gasteiger partial charge on any atom is 0.412 e. The molecule has 0 heterocycles. The molecule has 0 saturated carbocycles. The molecule has 0 aliphatic heterocycles. The van der Waals surface area contributed by atoms with E-state index in [4.69, 9.17) is 14.2 Å². The molecule has 0 aliphatic rings. The number of hydrogen-bond acceptors (Lipinski definition) is 6. The van der Waals surface area contributed by atoms with Crippen LogP contribution in [0.15, 0.2) is 66.7 Å². The first-order valence-electron chi connectivity index (χ1n) is 9.03. The Bertz CT molecular complexity index is 845. The minimum Gasteiger partial charge on any atom is -0.460 e. The van der Waals surface area contributed by atoms with E-state index in [-0.39, 0.29) is 32.1 Å². The summed E-state index contributed by atoms with van der Waals surface area (Å²) in [6.07, 6.45) is -0.635. The van der Waals surface area contributed by atoms with Crippen molar-refractivity contribution in [1.82, 2.24) is 5.32 Å². The zero-order chi connectivity index (χ0) is 21.1. The Morgan fingerprint density at radius 3 is 2.21 bits per heavy atom. The highest BCUT2D eigenvalue weighted by Crippen LogP contribution is 2.15. The Labute approximate surface area is 169 Å². The zero-order valence-electron chi connectivity index (χ0n) is 16.2. The predicted octanol–water partition coefficient (Wildman–Crippen LogP) is 3.14. The van der Waals surface area contributed by atoms with Gasteiger partial charge in [0.15, 0.2) is 5.78 Å². The molecule has 2 aromatic carbocycles. The van der Waals surface area contributed by atoms with Crippen LogP contribution in [0.3, 0.4) is 0 Å². The third-order valence-electron chi connectivity index (χ3n) is 3.69. The summed E-state index contributed by atoms with van der Waals surface area (Å²) >= 11 is 0. The molecule has 0 fully saturated rings. The molecule has 2 aromatic rings. The molecular formula is C22H23NO6. The lowest BCUT2D eigenvalue weighted by molar-refractivity contribution is -0.140. The van der Waals surface area contributed by atoms with Crippen LogP contribution in [0.25, 0.3) is 0 Å². The Hall–Kier alpha value is -3.45. The minimum absolute atomic E-state index is 0.104. The van der Waals surface area contributed by atoms with E-state index in [1.807, 2.05) is 6.07 Å².